The van der Waals surface area contributed by atoms with Crippen LogP contribution in [0.1, 0.15) is 22.1 Å². The third-order valence-electron chi connectivity index (χ3n) is 3.50. The third kappa shape index (κ3) is 3.98. The van der Waals surface area contributed by atoms with Crippen LogP contribution in [-0.4, -0.2) is 18.0 Å². The highest BCUT2D eigenvalue weighted by Gasteiger charge is 2.15. The molecular formula is C19H18N2O4. The summed E-state index contributed by atoms with van der Waals surface area (Å²) in [5.74, 6) is 2.39. The molecule has 3 rings (SSSR count). The Labute approximate surface area is 145 Å². The Morgan fingerprint density at radius 3 is 2.40 bits per heavy atom. The molecule has 0 saturated carbocycles. The van der Waals surface area contributed by atoms with Crippen molar-refractivity contribution in [2.45, 2.75) is 13.8 Å². The van der Waals surface area contributed by atoms with Gasteiger partial charge >= 0.3 is 0 Å². The van der Waals surface area contributed by atoms with Crippen LogP contribution >= 0.6 is 0 Å². The molecule has 1 amide bonds. The molecular weight excluding hydrogens is 320 g/mol. The fourth-order valence-corrected chi connectivity index (χ4v) is 2.34. The van der Waals surface area contributed by atoms with Crippen LogP contribution in [0.4, 0.5) is 5.69 Å². The van der Waals surface area contributed by atoms with Crippen molar-refractivity contribution in [2.75, 3.05) is 12.4 Å². The molecule has 25 heavy (non-hydrogen) atoms. The summed E-state index contributed by atoms with van der Waals surface area (Å²) in [5, 5.41) is 2.77. The minimum atomic E-state index is -0.334. The van der Waals surface area contributed by atoms with Crippen molar-refractivity contribution >= 4 is 11.6 Å². The lowest BCUT2D eigenvalue weighted by molar-refractivity contribution is 0.0994. The standard InChI is InChI=1S/C19H18N2O4/c1-12-18(24-13(2)20-12)19(22)21-14-7-9-15(10-8-14)25-17-6-4-5-16(11-17)23-3/h4-11H,1-3H3,(H,21,22). The highest BCUT2D eigenvalue weighted by Crippen LogP contribution is 2.26. The number of benzene rings is 2. The lowest BCUT2D eigenvalue weighted by atomic mass is 10.2. The van der Waals surface area contributed by atoms with E-state index in [9.17, 15) is 4.79 Å². The van der Waals surface area contributed by atoms with Crippen LogP contribution in [0.5, 0.6) is 17.2 Å². The van der Waals surface area contributed by atoms with E-state index in [1.54, 1.807) is 51.3 Å². The smallest absolute Gasteiger partial charge is 0.293 e. The molecule has 1 heterocycles. The molecule has 6 nitrogen and oxygen atoms in total. The molecule has 0 aliphatic heterocycles. The van der Waals surface area contributed by atoms with Crippen molar-refractivity contribution in [1.82, 2.24) is 4.98 Å². The quantitative estimate of drug-likeness (QED) is 0.749. The predicted molar refractivity (Wildman–Crippen MR) is 93.4 cm³/mol. The number of aromatic nitrogens is 1. The largest absolute Gasteiger partial charge is 0.497 e. The number of aryl methyl sites for hydroxylation is 2. The number of nitrogens with one attached hydrogen (secondary N) is 1. The van der Waals surface area contributed by atoms with E-state index in [-0.39, 0.29) is 11.7 Å². The Bertz CT molecular complexity index is 885. The van der Waals surface area contributed by atoms with Gasteiger partial charge in [-0.15, -0.1) is 0 Å². The Balaban J connectivity index is 1.67. The highest BCUT2D eigenvalue weighted by atomic mass is 16.5. The highest BCUT2D eigenvalue weighted by molar-refractivity contribution is 6.02. The van der Waals surface area contributed by atoms with Gasteiger partial charge in [-0.05, 0) is 43.3 Å². The number of oxazole rings is 1. The zero-order valence-electron chi connectivity index (χ0n) is 14.2. The molecule has 0 saturated heterocycles. The van der Waals surface area contributed by atoms with Gasteiger partial charge in [-0.2, -0.15) is 0 Å². The maximum atomic E-state index is 12.2. The van der Waals surface area contributed by atoms with E-state index in [1.807, 2.05) is 18.2 Å². The Morgan fingerprint density at radius 1 is 1.04 bits per heavy atom. The maximum absolute atomic E-state index is 12.2. The molecule has 6 heteroatoms. The lowest BCUT2D eigenvalue weighted by Gasteiger charge is -2.08. The average Bonchev–Trinajstić information content (AvgIpc) is 2.95. The van der Waals surface area contributed by atoms with Gasteiger partial charge in [-0.3, -0.25) is 4.79 Å². The fourth-order valence-electron chi connectivity index (χ4n) is 2.34. The van der Waals surface area contributed by atoms with Crippen molar-refractivity contribution in [1.29, 1.82) is 0 Å². The van der Waals surface area contributed by atoms with Crippen molar-refractivity contribution in [3.63, 3.8) is 0 Å². The van der Waals surface area contributed by atoms with Gasteiger partial charge in [-0.1, -0.05) is 6.07 Å². The van der Waals surface area contributed by atoms with Crippen molar-refractivity contribution < 1.29 is 18.7 Å². The van der Waals surface area contributed by atoms with Gasteiger partial charge in [0.05, 0.1) is 12.8 Å². The summed E-state index contributed by atoms with van der Waals surface area (Å²) < 4.78 is 16.2. The van der Waals surface area contributed by atoms with Gasteiger partial charge in [0.2, 0.25) is 5.76 Å². The van der Waals surface area contributed by atoms with E-state index >= 15 is 0 Å². The number of carbonyl (C=O) groups excluding carboxylic acids is 1. The number of amides is 1. The van der Waals surface area contributed by atoms with E-state index in [0.29, 0.717) is 28.8 Å². The summed E-state index contributed by atoms with van der Waals surface area (Å²) in [5.41, 5.74) is 1.20. The number of methoxy groups -OCH3 is 1. The van der Waals surface area contributed by atoms with Gasteiger partial charge in [0.25, 0.3) is 5.91 Å². The van der Waals surface area contributed by atoms with Crippen LogP contribution in [-0.2, 0) is 0 Å². The molecule has 0 unspecified atom stereocenters. The molecule has 0 bridgehead atoms. The first-order valence-corrected chi connectivity index (χ1v) is 7.72. The summed E-state index contributed by atoms with van der Waals surface area (Å²) >= 11 is 0. The van der Waals surface area contributed by atoms with Crippen LogP contribution < -0.4 is 14.8 Å². The first-order valence-electron chi connectivity index (χ1n) is 7.72. The minimum absolute atomic E-state index is 0.217. The monoisotopic (exact) mass is 338 g/mol. The van der Waals surface area contributed by atoms with E-state index in [1.165, 1.54) is 0 Å². The topological polar surface area (TPSA) is 73.6 Å². The van der Waals surface area contributed by atoms with Crippen LogP contribution in [0.3, 0.4) is 0 Å². The normalized spacial score (nSPS) is 10.4. The second-order valence-electron chi connectivity index (χ2n) is 5.41. The number of hydrogen-bond donors (Lipinski definition) is 1. The van der Waals surface area contributed by atoms with Crippen LogP contribution in [0.15, 0.2) is 52.9 Å². The number of nitrogens with zero attached hydrogens (tertiary/aromatic N) is 1. The summed E-state index contributed by atoms with van der Waals surface area (Å²) in [6.45, 7) is 3.44. The average molecular weight is 338 g/mol. The Morgan fingerprint density at radius 2 is 1.76 bits per heavy atom. The van der Waals surface area contributed by atoms with Gasteiger partial charge < -0.3 is 19.2 Å². The molecule has 1 aromatic heterocycles. The van der Waals surface area contributed by atoms with E-state index < -0.39 is 0 Å². The maximum Gasteiger partial charge on any atom is 0.293 e. The molecule has 1 N–H and O–H groups in total. The van der Waals surface area contributed by atoms with Crippen LogP contribution in [0.25, 0.3) is 0 Å². The molecule has 3 aromatic rings. The van der Waals surface area contributed by atoms with Crippen molar-refractivity contribution in [2.24, 2.45) is 0 Å². The van der Waals surface area contributed by atoms with Gasteiger partial charge in [0.15, 0.2) is 5.89 Å². The van der Waals surface area contributed by atoms with Crippen molar-refractivity contribution in [3.8, 4) is 17.2 Å². The summed E-state index contributed by atoms with van der Waals surface area (Å²) in [7, 11) is 1.61. The van der Waals surface area contributed by atoms with Gasteiger partial charge in [-0.25, -0.2) is 4.98 Å². The van der Waals surface area contributed by atoms with E-state index in [0.717, 1.165) is 5.75 Å². The summed E-state index contributed by atoms with van der Waals surface area (Å²) in [6, 6.07) is 14.4. The Hall–Kier alpha value is -3.28. The molecule has 128 valence electrons. The third-order valence-corrected chi connectivity index (χ3v) is 3.50. The number of hydrogen-bond acceptors (Lipinski definition) is 5. The second kappa shape index (κ2) is 7.09. The molecule has 0 fully saturated rings. The van der Waals surface area contributed by atoms with Gasteiger partial charge in [0, 0.05) is 18.7 Å². The lowest BCUT2D eigenvalue weighted by Crippen LogP contribution is -2.12. The minimum Gasteiger partial charge on any atom is -0.497 e. The Kier molecular flexibility index (Phi) is 4.70. The number of ether oxygens (including phenoxy) is 2. The molecule has 0 spiro atoms. The number of carbonyl (C=O) groups is 1. The molecule has 0 aliphatic rings. The zero-order valence-corrected chi connectivity index (χ0v) is 14.2. The molecule has 2 aromatic carbocycles. The second-order valence-corrected chi connectivity index (χ2v) is 5.41. The first-order chi connectivity index (χ1) is 12.0. The van der Waals surface area contributed by atoms with Crippen LogP contribution in [0, 0.1) is 13.8 Å². The van der Waals surface area contributed by atoms with Crippen molar-refractivity contribution in [3.05, 3.63) is 65.9 Å². The molecule has 0 atom stereocenters. The van der Waals surface area contributed by atoms with E-state index in [4.69, 9.17) is 13.9 Å². The predicted octanol–water partition coefficient (Wildman–Crippen LogP) is 4.34. The summed E-state index contributed by atoms with van der Waals surface area (Å²) in [4.78, 5) is 16.3. The number of rotatable bonds is 5. The zero-order chi connectivity index (χ0) is 17.8. The van der Waals surface area contributed by atoms with Crippen LogP contribution in [0.2, 0.25) is 0 Å². The summed E-state index contributed by atoms with van der Waals surface area (Å²) in [6.07, 6.45) is 0. The van der Waals surface area contributed by atoms with Gasteiger partial charge in [0.1, 0.15) is 17.2 Å². The van der Waals surface area contributed by atoms with E-state index in [2.05, 4.69) is 10.3 Å². The fraction of sp³-hybridized carbons (Fsp3) is 0.158. The SMILES string of the molecule is COc1cccc(Oc2ccc(NC(=O)c3oc(C)nc3C)cc2)c1. The first kappa shape index (κ1) is 16.6. The number of anilines is 1. The molecule has 0 radical (unpaired) electrons. The molecule has 0 aliphatic carbocycles.